The van der Waals surface area contributed by atoms with E-state index in [4.69, 9.17) is 9.47 Å². The van der Waals surface area contributed by atoms with Gasteiger partial charge in [-0.15, -0.1) is 0 Å². The molecular weight excluding hydrogens is 216 g/mol. The summed E-state index contributed by atoms with van der Waals surface area (Å²) < 4.78 is 10.6. The van der Waals surface area contributed by atoms with E-state index in [1.54, 1.807) is 7.11 Å². The Kier molecular flexibility index (Phi) is 4.97. The van der Waals surface area contributed by atoms with Gasteiger partial charge in [-0.2, -0.15) is 0 Å². The Balaban J connectivity index is 2.84. The first-order chi connectivity index (χ1) is 7.96. The van der Waals surface area contributed by atoms with Gasteiger partial charge in [0.15, 0.2) is 0 Å². The molecule has 0 saturated heterocycles. The van der Waals surface area contributed by atoms with Gasteiger partial charge in [0.05, 0.1) is 12.7 Å². The SMILES string of the molecule is COCCOc1ccccc1C(O)C(C)(C)C. The highest BCUT2D eigenvalue weighted by Crippen LogP contribution is 2.37. The summed E-state index contributed by atoms with van der Waals surface area (Å²) in [5.41, 5.74) is 0.622. The van der Waals surface area contributed by atoms with Crippen molar-refractivity contribution in [3.63, 3.8) is 0 Å². The van der Waals surface area contributed by atoms with Crippen molar-refractivity contribution in [2.75, 3.05) is 20.3 Å². The summed E-state index contributed by atoms with van der Waals surface area (Å²) in [7, 11) is 1.64. The van der Waals surface area contributed by atoms with Gasteiger partial charge < -0.3 is 14.6 Å². The Labute approximate surface area is 103 Å². The summed E-state index contributed by atoms with van der Waals surface area (Å²) in [5.74, 6) is 0.729. The lowest BCUT2D eigenvalue weighted by Gasteiger charge is -2.27. The van der Waals surface area contributed by atoms with Crippen LogP contribution in [0, 0.1) is 5.41 Å². The largest absolute Gasteiger partial charge is 0.491 e. The second-order valence-electron chi connectivity index (χ2n) is 5.15. The minimum atomic E-state index is -0.541. The van der Waals surface area contributed by atoms with Crippen LogP contribution < -0.4 is 4.74 Å². The lowest BCUT2D eigenvalue weighted by Crippen LogP contribution is -2.19. The van der Waals surface area contributed by atoms with E-state index in [-0.39, 0.29) is 5.41 Å². The smallest absolute Gasteiger partial charge is 0.125 e. The highest BCUT2D eigenvalue weighted by Gasteiger charge is 2.26. The normalized spacial score (nSPS) is 13.5. The van der Waals surface area contributed by atoms with Gasteiger partial charge in [0.2, 0.25) is 0 Å². The Hall–Kier alpha value is -1.06. The van der Waals surface area contributed by atoms with Gasteiger partial charge in [0, 0.05) is 12.7 Å². The Bertz CT molecular complexity index is 342. The number of methoxy groups -OCH3 is 1. The molecule has 1 aromatic carbocycles. The van der Waals surface area contributed by atoms with Crippen molar-refractivity contribution >= 4 is 0 Å². The summed E-state index contributed by atoms with van der Waals surface area (Å²) in [6.45, 7) is 7.04. The molecule has 3 heteroatoms. The Morgan fingerprint density at radius 2 is 1.82 bits per heavy atom. The third-order valence-electron chi connectivity index (χ3n) is 2.58. The maximum Gasteiger partial charge on any atom is 0.125 e. The summed E-state index contributed by atoms with van der Waals surface area (Å²) in [5, 5.41) is 10.3. The summed E-state index contributed by atoms with van der Waals surface area (Å²) >= 11 is 0. The summed E-state index contributed by atoms with van der Waals surface area (Å²) in [6, 6.07) is 7.59. The molecule has 0 heterocycles. The molecule has 1 atom stereocenters. The predicted molar refractivity (Wildman–Crippen MR) is 68.2 cm³/mol. The molecule has 0 bridgehead atoms. The molecule has 1 aromatic rings. The lowest BCUT2D eigenvalue weighted by molar-refractivity contribution is 0.0585. The molecule has 17 heavy (non-hydrogen) atoms. The number of hydrogen-bond acceptors (Lipinski definition) is 3. The zero-order valence-electron chi connectivity index (χ0n) is 11.1. The van der Waals surface area contributed by atoms with E-state index in [9.17, 15) is 5.11 Å². The molecular formula is C14H22O3. The molecule has 0 radical (unpaired) electrons. The van der Waals surface area contributed by atoms with Crippen LogP contribution in [0.25, 0.3) is 0 Å². The predicted octanol–water partition coefficient (Wildman–Crippen LogP) is 2.79. The number of aliphatic hydroxyl groups excluding tert-OH is 1. The van der Waals surface area contributed by atoms with E-state index < -0.39 is 6.10 Å². The quantitative estimate of drug-likeness (QED) is 0.802. The lowest BCUT2D eigenvalue weighted by atomic mass is 9.84. The van der Waals surface area contributed by atoms with Gasteiger partial charge >= 0.3 is 0 Å². The van der Waals surface area contributed by atoms with Crippen LogP contribution in [0.5, 0.6) is 5.75 Å². The molecule has 0 aliphatic heterocycles. The monoisotopic (exact) mass is 238 g/mol. The van der Waals surface area contributed by atoms with Crippen LogP contribution in [0.3, 0.4) is 0 Å². The number of rotatable bonds is 5. The standard InChI is InChI=1S/C14H22O3/c1-14(2,3)13(15)11-7-5-6-8-12(11)17-10-9-16-4/h5-8,13,15H,9-10H2,1-4H3. The van der Waals surface area contributed by atoms with Crippen molar-refractivity contribution in [3.05, 3.63) is 29.8 Å². The van der Waals surface area contributed by atoms with E-state index >= 15 is 0 Å². The molecule has 96 valence electrons. The van der Waals surface area contributed by atoms with E-state index in [2.05, 4.69) is 0 Å². The molecule has 1 N–H and O–H groups in total. The van der Waals surface area contributed by atoms with E-state index in [0.29, 0.717) is 13.2 Å². The van der Waals surface area contributed by atoms with Gasteiger partial charge in [-0.05, 0) is 11.5 Å². The van der Waals surface area contributed by atoms with Crippen LogP contribution in [0.1, 0.15) is 32.4 Å². The van der Waals surface area contributed by atoms with Crippen LogP contribution in [0.15, 0.2) is 24.3 Å². The maximum atomic E-state index is 10.3. The molecule has 0 spiro atoms. The second kappa shape index (κ2) is 6.03. The van der Waals surface area contributed by atoms with Crippen molar-refractivity contribution in [2.45, 2.75) is 26.9 Å². The zero-order valence-corrected chi connectivity index (χ0v) is 11.1. The van der Waals surface area contributed by atoms with Crippen LogP contribution in [0.2, 0.25) is 0 Å². The van der Waals surface area contributed by atoms with Crippen LogP contribution >= 0.6 is 0 Å². The minimum absolute atomic E-state index is 0.208. The van der Waals surface area contributed by atoms with Gasteiger partial charge in [0.1, 0.15) is 12.4 Å². The average molecular weight is 238 g/mol. The van der Waals surface area contributed by atoms with Gasteiger partial charge in [-0.1, -0.05) is 39.0 Å². The summed E-state index contributed by atoms with van der Waals surface area (Å²) in [6.07, 6.45) is -0.541. The molecule has 0 aromatic heterocycles. The maximum absolute atomic E-state index is 10.3. The highest BCUT2D eigenvalue weighted by molar-refractivity contribution is 5.35. The summed E-state index contributed by atoms with van der Waals surface area (Å²) in [4.78, 5) is 0. The fourth-order valence-corrected chi connectivity index (χ4v) is 1.54. The molecule has 0 fully saturated rings. The number of para-hydroxylation sites is 1. The van der Waals surface area contributed by atoms with Crippen molar-refractivity contribution in [1.29, 1.82) is 0 Å². The Morgan fingerprint density at radius 3 is 2.41 bits per heavy atom. The highest BCUT2D eigenvalue weighted by atomic mass is 16.5. The van der Waals surface area contributed by atoms with E-state index in [1.807, 2.05) is 45.0 Å². The van der Waals surface area contributed by atoms with Gasteiger partial charge in [-0.3, -0.25) is 0 Å². The fourth-order valence-electron chi connectivity index (χ4n) is 1.54. The van der Waals surface area contributed by atoms with Crippen LogP contribution in [-0.2, 0) is 4.74 Å². The molecule has 1 unspecified atom stereocenters. The first-order valence-corrected chi connectivity index (χ1v) is 5.85. The third-order valence-corrected chi connectivity index (χ3v) is 2.58. The number of aliphatic hydroxyl groups is 1. The van der Waals surface area contributed by atoms with E-state index in [1.165, 1.54) is 0 Å². The van der Waals surface area contributed by atoms with Crippen molar-refractivity contribution in [3.8, 4) is 5.75 Å². The molecule has 0 aliphatic carbocycles. The Morgan fingerprint density at radius 1 is 1.18 bits per heavy atom. The van der Waals surface area contributed by atoms with Gasteiger partial charge in [-0.25, -0.2) is 0 Å². The van der Waals surface area contributed by atoms with E-state index in [0.717, 1.165) is 11.3 Å². The van der Waals surface area contributed by atoms with Crippen molar-refractivity contribution in [1.82, 2.24) is 0 Å². The van der Waals surface area contributed by atoms with Crippen LogP contribution in [-0.4, -0.2) is 25.4 Å². The molecule has 1 rings (SSSR count). The minimum Gasteiger partial charge on any atom is -0.491 e. The first-order valence-electron chi connectivity index (χ1n) is 5.85. The molecule has 0 aliphatic rings. The number of benzene rings is 1. The number of hydrogen-bond donors (Lipinski definition) is 1. The molecule has 0 saturated carbocycles. The third kappa shape index (κ3) is 4.02. The molecule has 0 amide bonds. The molecule has 3 nitrogen and oxygen atoms in total. The van der Waals surface area contributed by atoms with Crippen LogP contribution in [0.4, 0.5) is 0 Å². The average Bonchev–Trinajstić information content (AvgIpc) is 2.28. The number of ether oxygens (including phenoxy) is 2. The van der Waals surface area contributed by atoms with Gasteiger partial charge in [0.25, 0.3) is 0 Å². The van der Waals surface area contributed by atoms with Crippen molar-refractivity contribution in [2.24, 2.45) is 5.41 Å². The second-order valence-corrected chi connectivity index (χ2v) is 5.15. The zero-order chi connectivity index (χ0) is 12.9. The fraction of sp³-hybridized carbons (Fsp3) is 0.571. The first kappa shape index (κ1) is 14.0. The van der Waals surface area contributed by atoms with Crippen molar-refractivity contribution < 1.29 is 14.6 Å². The topological polar surface area (TPSA) is 38.7 Å².